The maximum Gasteiger partial charge on any atom is 0.232 e. The van der Waals surface area contributed by atoms with Crippen molar-refractivity contribution in [3.63, 3.8) is 0 Å². The van der Waals surface area contributed by atoms with Crippen LogP contribution in [0, 0.1) is 0 Å². The van der Waals surface area contributed by atoms with E-state index in [-0.39, 0.29) is 0 Å². The lowest BCUT2D eigenvalue weighted by molar-refractivity contribution is 0.324. The zero-order chi connectivity index (χ0) is 21.8. The van der Waals surface area contributed by atoms with E-state index in [4.69, 9.17) is 14.2 Å². The van der Waals surface area contributed by atoms with E-state index >= 15 is 0 Å². The zero-order valence-corrected chi connectivity index (χ0v) is 18.6. The highest BCUT2D eigenvalue weighted by molar-refractivity contribution is 7.15. The molecule has 31 heavy (non-hydrogen) atoms. The minimum atomic E-state index is 0.377. The van der Waals surface area contributed by atoms with E-state index in [9.17, 15) is 0 Å². The summed E-state index contributed by atoms with van der Waals surface area (Å²) in [4.78, 5) is 12.9. The summed E-state index contributed by atoms with van der Waals surface area (Å²) in [7, 11) is 7.42. The monoisotopic (exact) mass is 438 g/mol. The van der Waals surface area contributed by atoms with Gasteiger partial charge in [-0.15, -0.1) is 9.24 Å². The highest BCUT2D eigenvalue weighted by Crippen LogP contribution is 2.40. The van der Waals surface area contributed by atoms with E-state index in [0.29, 0.717) is 34.8 Å². The molecule has 0 aliphatic rings. The van der Waals surface area contributed by atoms with Crippen molar-refractivity contribution >= 4 is 43.4 Å². The average molecular weight is 438 g/mol. The van der Waals surface area contributed by atoms with Crippen LogP contribution in [-0.2, 0) is 6.29 Å². The maximum atomic E-state index is 5.39. The molecule has 0 saturated heterocycles. The number of aromatic nitrogens is 4. The molecule has 1 unspecified atom stereocenters. The first kappa shape index (κ1) is 20.7. The normalized spacial score (nSPS) is 10.7. The van der Waals surface area contributed by atoms with Gasteiger partial charge in [0.15, 0.2) is 11.5 Å². The van der Waals surface area contributed by atoms with E-state index in [1.165, 1.54) is 11.8 Å². The van der Waals surface area contributed by atoms with Gasteiger partial charge in [0.2, 0.25) is 17.6 Å². The molecule has 1 atom stereocenters. The van der Waals surface area contributed by atoms with Crippen molar-refractivity contribution < 1.29 is 14.2 Å². The lowest BCUT2D eigenvalue weighted by Crippen LogP contribution is -2.03. The number of nitrogens with zero attached hydrogens (tertiary/aromatic N) is 4. The smallest absolute Gasteiger partial charge is 0.232 e. The van der Waals surface area contributed by atoms with Gasteiger partial charge in [0.25, 0.3) is 0 Å². The van der Waals surface area contributed by atoms with E-state index in [1.54, 1.807) is 33.5 Å². The van der Waals surface area contributed by atoms with E-state index in [1.807, 2.05) is 6.07 Å². The van der Waals surface area contributed by atoms with Crippen molar-refractivity contribution in [2.24, 2.45) is 0 Å². The summed E-state index contributed by atoms with van der Waals surface area (Å²) >= 11 is 0. The molecule has 0 amide bonds. The molecular weight excluding hydrogens is 415 g/mol. The number of anilines is 4. The molecule has 2 heterocycles. The van der Waals surface area contributed by atoms with Gasteiger partial charge in [-0.3, -0.25) is 0 Å². The Bertz CT molecular complexity index is 1190. The Balaban J connectivity index is 1.56. The topological polar surface area (TPSA) is 95.4 Å². The Morgan fingerprint density at radius 3 is 2.16 bits per heavy atom. The largest absolute Gasteiger partial charge is 0.493 e. The SMILES string of the molecule is COc1cc(Nc2ncnc(Nc3ccc4c(ccn4CP)c3)n2)cc(OC)c1OC. The fraction of sp³-hybridized carbons (Fsp3) is 0.190. The third kappa shape index (κ3) is 4.32. The molecule has 4 aromatic rings. The molecule has 0 aliphatic heterocycles. The van der Waals surface area contributed by atoms with Crippen LogP contribution in [0.1, 0.15) is 0 Å². The van der Waals surface area contributed by atoms with E-state index in [0.717, 1.165) is 17.4 Å². The summed E-state index contributed by atoms with van der Waals surface area (Å²) < 4.78 is 18.3. The number of hydrogen-bond acceptors (Lipinski definition) is 8. The van der Waals surface area contributed by atoms with Gasteiger partial charge >= 0.3 is 0 Å². The molecule has 2 aromatic heterocycles. The van der Waals surface area contributed by atoms with E-state index in [2.05, 4.69) is 63.8 Å². The van der Waals surface area contributed by atoms with Gasteiger partial charge < -0.3 is 29.4 Å². The second-order valence-corrected chi connectivity index (χ2v) is 6.90. The highest BCUT2D eigenvalue weighted by atomic mass is 31.0. The number of fused-ring (bicyclic) bond motifs is 1. The Kier molecular flexibility index (Phi) is 6.04. The van der Waals surface area contributed by atoms with Gasteiger partial charge in [-0.2, -0.15) is 4.98 Å². The van der Waals surface area contributed by atoms with Crippen LogP contribution in [0.2, 0.25) is 0 Å². The van der Waals surface area contributed by atoms with Crippen molar-refractivity contribution in [1.29, 1.82) is 0 Å². The summed E-state index contributed by atoms with van der Waals surface area (Å²) in [5.41, 5.74) is 2.74. The molecule has 0 saturated carbocycles. The second kappa shape index (κ2) is 9.06. The first-order valence-electron chi connectivity index (χ1n) is 9.47. The predicted octanol–water partition coefficient (Wildman–Crippen LogP) is 4.17. The summed E-state index contributed by atoms with van der Waals surface area (Å²) in [5, 5.41) is 7.51. The fourth-order valence-electron chi connectivity index (χ4n) is 3.27. The van der Waals surface area contributed by atoms with Gasteiger partial charge in [-0.1, -0.05) is 0 Å². The van der Waals surface area contributed by atoms with Crippen LogP contribution in [-0.4, -0.2) is 40.8 Å². The van der Waals surface area contributed by atoms with Gasteiger partial charge in [-0.05, 0) is 24.3 Å². The molecule has 0 radical (unpaired) electrons. The van der Waals surface area contributed by atoms with Crippen LogP contribution in [0.5, 0.6) is 17.2 Å². The van der Waals surface area contributed by atoms with Crippen LogP contribution >= 0.6 is 9.24 Å². The molecule has 10 heteroatoms. The van der Waals surface area contributed by atoms with E-state index < -0.39 is 0 Å². The van der Waals surface area contributed by atoms with Crippen LogP contribution < -0.4 is 24.8 Å². The molecule has 2 aromatic carbocycles. The quantitative estimate of drug-likeness (QED) is 0.396. The van der Waals surface area contributed by atoms with Crippen molar-refractivity contribution in [3.05, 3.63) is 48.9 Å². The lowest BCUT2D eigenvalue weighted by atomic mass is 10.2. The Morgan fingerprint density at radius 1 is 0.871 bits per heavy atom. The van der Waals surface area contributed by atoms with Crippen molar-refractivity contribution in [2.75, 3.05) is 32.0 Å². The van der Waals surface area contributed by atoms with Gasteiger partial charge in [0, 0.05) is 46.9 Å². The fourth-order valence-corrected chi connectivity index (χ4v) is 3.58. The summed E-state index contributed by atoms with van der Waals surface area (Å²) in [6.45, 7) is 0. The van der Waals surface area contributed by atoms with Crippen LogP contribution in [0.4, 0.5) is 23.3 Å². The van der Waals surface area contributed by atoms with Gasteiger partial charge in [0.1, 0.15) is 6.33 Å². The van der Waals surface area contributed by atoms with Crippen LogP contribution in [0.15, 0.2) is 48.9 Å². The standard InChI is InChI=1S/C21H23N6O3P/c1-28-17-9-15(10-18(29-2)19(17)30-3)25-21-23-11-22-20(26-21)24-14-4-5-16-13(8-14)6-7-27(16)12-31/h4-11H,12,31H2,1-3H3,(H2,22,23,24,25,26). The van der Waals surface area contributed by atoms with Gasteiger partial charge in [-0.25, -0.2) is 9.97 Å². The molecule has 0 fully saturated rings. The minimum Gasteiger partial charge on any atom is -0.493 e. The number of methoxy groups -OCH3 is 3. The Labute approximate surface area is 182 Å². The summed E-state index contributed by atoms with van der Waals surface area (Å²) in [5.74, 6) is 2.38. The highest BCUT2D eigenvalue weighted by Gasteiger charge is 2.14. The number of nitrogens with one attached hydrogen (secondary N) is 2. The maximum absolute atomic E-state index is 5.39. The Morgan fingerprint density at radius 2 is 1.55 bits per heavy atom. The van der Waals surface area contributed by atoms with Crippen molar-refractivity contribution in [3.8, 4) is 17.2 Å². The first-order valence-corrected chi connectivity index (χ1v) is 10.3. The van der Waals surface area contributed by atoms with Crippen molar-refractivity contribution in [1.82, 2.24) is 19.5 Å². The predicted molar refractivity (Wildman–Crippen MR) is 124 cm³/mol. The summed E-state index contributed by atoms with van der Waals surface area (Å²) in [6.07, 6.45) is 4.35. The number of benzene rings is 2. The molecule has 0 aliphatic carbocycles. The summed E-state index contributed by atoms with van der Waals surface area (Å²) in [6, 6.07) is 11.8. The average Bonchev–Trinajstić information content (AvgIpc) is 3.21. The molecule has 0 bridgehead atoms. The second-order valence-electron chi connectivity index (χ2n) is 6.54. The molecule has 4 rings (SSSR count). The number of hydrogen-bond donors (Lipinski definition) is 2. The number of ether oxygens (including phenoxy) is 3. The molecule has 160 valence electrons. The number of rotatable bonds is 8. The first-order chi connectivity index (χ1) is 15.1. The third-order valence-corrected chi connectivity index (χ3v) is 5.11. The minimum absolute atomic E-state index is 0.377. The molecular formula is C21H23N6O3P. The Hall–Kier alpha value is -3.58. The molecule has 9 nitrogen and oxygen atoms in total. The lowest BCUT2D eigenvalue weighted by Gasteiger charge is -2.14. The molecule has 2 N–H and O–H groups in total. The van der Waals surface area contributed by atoms with Crippen molar-refractivity contribution in [2.45, 2.75) is 6.29 Å². The third-order valence-electron chi connectivity index (χ3n) is 4.72. The van der Waals surface area contributed by atoms with Crippen LogP contribution in [0.25, 0.3) is 10.9 Å². The van der Waals surface area contributed by atoms with Gasteiger partial charge in [0.05, 0.1) is 21.3 Å². The van der Waals surface area contributed by atoms with Crippen LogP contribution in [0.3, 0.4) is 0 Å². The molecule has 0 spiro atoms. The zero-order valence-electron chi connectivity index (χ0n) is 17.4.